The van der Waals surface area contributed by atoms with Crippen LogP contribution in [0.25, 0.3) is 0 Å². The van der Waals surface area contributed by atoms with Gasteiger partial charge in [0.2, 0.25) is 5.91 Å². The van der Waals surface area contributed by atoms with Gasteiger partial charge in [-0.25, -0.2) is 5.43 Å². The molecule has 1 N–H and O–H groups in total. The summed E-state index contributed by atoms with van der Waals surface area (Å²) in [5.41, 5.74) is 6.39. The van der Waals surface area contributed by atoms with Crippen molar-refractivity contribution in [3.05, 3.63) is 47.3 Å². The molecule has 5 rings (SSSR count). The number of methoxy groups -OCH3 is 1. The average Bonchev–Trinajstić information content (AvgIpc) is 3.66. The van der Waals surface area contributed by atoms with Gasteiger partial charge in [-0.1, -0.05) is 26.0 Å². The molecule has 4 aliphatic heterocycles. The zero-order valence-corrected chi connectivity index (χ0v) is 25.1. The van der Waals surface area contributed by atoms with Gasteiger partial charge in [0.05, 0.1) is 23.9 Å². The van der Waals surface area contributed by atoms with Crippen molar-refractivity contribution >= 4 is 11.8 Å². The highest BCUT2D eigenvalue weighted by Crippen LogP contribution is 2.36. The molecule has 1 aromatic rings. The monoisotopic (exact) mass is 563 g/mol. The van der Waals surface area contributed by atoms with E-state index in [-0.39, 0.29) is 42.6 Å². The molecule has 4 heterocycles. The summed E-state index contributed by atoms with van der Waals surface area (Å²) in [5.74, 6) is 0.197. The molecular formula is C31H45N7O3. The van der Waals surface area contributed by atoms with Crippen molar-refractivity contribution in [3.8, 4) is 6.07 Å². The van der Waals surface area contributed by atoms with Crippen molar-refractivity contribution in [2.75, 3.05) is 46.9 Å². The maximum Gasteiger partial charge on any atom is 0.253 e. The number of hydrogen-bond donors (Lipinski definition) is 1. The number of hydrazine groups is 1. The number of likely N-dealkylation sites (N-methyl/N-ethyl adjacent to an activating group) is 1. The second-order valence-corrected chi connectivity index (χ2v) is 11.9. The Kier molecular flexibility index (Phi) is 9.00. The van der Waals surface area contributed by atoms with E-state index in [4.69, 9.17) is 4.74 Å². The predicted octanol–water partition coefficient (Wildman–Crippen LogP) is 2.57. The summed E-state index contributed by atoms with van der Waals surface area (Å²) in [6.07, 6.45) is 5.39. The van der Waals surface area contributed by atoms with Gasteiger partial charge < -0.3 is 14.5 Å². The fourth-order valence-electron chi connectivity index (χ4n) is 7.14. The molecule has 3 saturated heterocycles. The fraction of sp³-hybridized carbons (Fsp3) is 0.645. The molecule has 0 saturated carbocycles. The molecular weight excluding hydrogens is 518 g/mol. The number of likely N-dealkylation sites (tertiary alicyclic amines) is 2. The van der Waals surface area contributed by atoms with E-state index in [1.807, 2.05) is 35.3 Å². The van der Waals surface area contributed by atoms with E-state index in [9.17, 15) is 14.9 Å². The molecule has 1 aromatic carbocycles. The summed E-state index contributed by atoms with van der Waals surface area (Å²) in [6.45, 7) is 10.2. The van der Waals surface area contributed by atoms with Crippen molar-refractivity contribution in [1.82, 2.24) is 30.0 Å². The van der Waals surface area contributed by atoms with Gasteiger partial charge in [-0.2, -0.15) is 5.26 Å². The third kappa shape index (κ3) is 5.73. The van der Waals surface area contributed by atoms with E-state index < -0.39 is 0 Å². The first kappa shape index (κ1) is 29.5. The molecule has 4 aliphatic rings. The number of piperazine rings is 1. The summed E-state index contributed by atoms with van der Waals surface area (Å²) in [6, 6.07) is 11.2. The highest BCUT2D eigenvalue weighted by molar-refractivity contribution is 5.94. The number of carbonyl (C=O) groups is 2. The first-order valence-electron chi connectivity index (χ1n) is 15.1. The Morgan fingerprint density at radius 3 is 2.51 bits per heavy atom. The highest BCUT2D eigenvalue weighted by atomic mass is 16.5. The van der Waals surface area contributed by atoms with Gasteiger partial charge in [-0.15, -0.1) is 0 Å². The van der Waals surface area contributed by atoms with E-state index in [0.29, 0.717) is 25.0 Å². The third-order valence-electron chi connectivity index (χ3n) is 9.74. The number of piperidine rings is 1. The Balaban J connectivity index is 1.30. The summed E-state index contributed by atoms with van der Waals surface area (Å²) in [5, 5.41) is 11.1. The zero-order chi connectivity index (χ0) is 29.3. The van der Waals surface area contributed by atoms with Crippen molar-refractivity contribution in [3.63, 3.8) is 0 Å². The molecule has 41 heavy (non-hydrogen) atoms. The molecule has 6 atom stereocenters. The van der Waals surface area contributed by atoms with Crippen LogP contribution >= 0.6 is 0 Å². The van der Waals surface area contributed by atoms with Crippen molar-refractivity contribution < 1.29 is 14.3 Å². The van der Waals surface area contributed by atoms with Gasteiger partial charge in [0.1, 0.15) is 6.54 Å². The lowest BCUT2D eigenvalue weighted by Crippen LogP contribution is -2.66. The molecule has 0 aliphatic carbocycles. The van der Waals surface area contributed by atoms with Crippen LogP contribution in [-0.4, -0.2) is 114 Å². The number of ether oxygens (including phenoxy) is 1. The van der Waals surface area contributed by atoms with Crippen LogP contribution in [0.5, 0.6) is 0 Å². The van der Waals surface area contributed by atoms with Crippen LogP contribution in [0.15, 0.2) is 36.2 Å². The quantitative estimate of drug-likeness (QED) is 0.483. The van der Waals surface area contributed by atoms with Gasteiger partial charge in [0, 0.05) is 82.7 Å². The topological polar surface area (TPSA) is 95.4 Å². The summed E-state index contributed by atoms with van der Waals surface area (Å²) < 4.78 is 5.43. The second-order valence-electron chi connectivity index (χ2n) is 11.9. The normalized spacial score (nSPS) is 29.9. The molecule has 0 aromatic heterocycles. The number of hydrogen-bond acceptors (Lipinski definition) is 8. The highest BCUT2D eigenvalue weighted by Gasteiger charge is 2.47. The van der Waals surface area contributed by atoms with Crippen molar-refractivity contribution in [1.29, 1.82) is 5.26 Å². The third-order valence-corrected chi connectivity index (χ3v) is 9.74. The smallest absolute Gasteiger partial charge is 0.253 e. The lowest BCUT2D eigenvalue weighted by atomic mass is 9.89. The molecule has 3 fully saturated rings. The first-order chi connectivity index (χ1) is 19.8. The maximum absolute atomic E-state index is 13.1. The van der Waals surface area contributed by atoms with E-state index in [1.54, 1.807) is 12.0 Å². The van der Waals surface area contributed by atoms with E-state index >= 15 is 0 Å². The number of fused-ring (bicyclic) bond motifs is 1. The van der Waals surface area contributed by atoms with Crippen LogP contribution in [0.3, 0.4) is 0 Å². The SMILES string of the molecule is CC[C@@H]1CN(C2CC(=O)N(C)C3=CN(CC#N)NC32)[C@@H](CC)CN1C(C)c1ccc(C(=O)N2CCC(OC)C2)cc1. The van der Waals surface area contributed by atoms with Gasteiger partial charge in [0.15, 0.2) is 0 Å². The van der Waals surface area contributed by atoms with Crippen LogP contribution in [0.4, 0.5) is 0 Å². The zero-order valence-electron chi connectivity index (χ0n) is 25.1. The molecule has 4 unspecified atom stereocenters. The van der Waals surface area contributed by atoms with Crippen molar-refractivity contribution in [2.45, 2.75) is 82.8 Å². The Morgan fingerprint density at radius 2 is 1.88 bits per heavy atom. The Bertz CT molecular complexity index is 1180. The second kappa shape index (κ2) is 12.5. The molecule has 0 spiro atoms. The van der Waals surface area contributed by atoms with E-state index in [1.165, 1.54) is 5.56 Å². The van der Waals surface area contributed by atoms with E-state index in [0.717, 1.165) is 50.2 Å². The van der Waals surface area contributed by atoms with Crippen LogP contribution in [0.2, 0.25) is 0 Å². The largest absolute Gasteiger partial charge is 0.380 e. The van der Waals surface area contributed by atoms with Crippen LogP contribution in [0.1, 0.15) is 68.4 Å². The summed E-state index contributed by atoms with van der Waals surface area (Å²) in [4.78, 5) is 34.9. The lowest BCUT2D eigenvalue weighted by Gasteiger charge is -2.53. The standard InChI is InChI=1S/C31H45N7O3/c1-6-24-18-38(27-16-29(39)34(4)28-20-36(15-13-32)33-30(27)28)25(7-2)17-37(24)21(3)22-8-10-23(11-9-22)31(40)35-14-12-26(19-35)41-5/h8-11,20-21,24-27,30,33H,6-7,12,14-19H2,1-5H3/t21?,24-,25+,26?,27?,30?/m1/s1. The average molecular weight is 564 g/mol. The fourth-order valence-corrected chi connectivity index (χ4v) is 7.14. The number of nitrogens with zero attached hydrogens (tertiary/aromatic N) is 6. The van der Waals surface area contributed by atoms with Crippen LogP contribution < -0.4 is 5.43 Å². The Labute approximate surface area is 244 Å². The molecule has 10 heteroatoms. The number of rotatable bonds is 8. The maximum atomic E-state index is 13.1. The number of amides is 2. The minimum Gasteiger partial charge on any atom is -0.380 e. The minimum atomic E-state index is -0.0126. The lowest BCUT2D eigenvalue weighted by molar-refractivity contribution is -0.134. The Hall–Kier alpha value is -2.97. The van der Waals surface area contributed by atoms with Gasteiger partial charge in [-0.3, -0.25) is 24.4 Å². The first-order valence-corrected chi connectivity index (χ1v) is 15.1. The van der Waals surface area contributed by atoms with Crippen LogP contribution in [0, 0.1) is 11.3 Å². The summed E-state index contributed by atoms with van der Waals surface area (Å²) >= 11 is 0. The van der Waals surface area contributed by atoms with Gasteiger partial charge >= 0.3 is 0 Å². The number of carbonyl (C=O) groups excluding carboxylic acids is 2. The van der Waals surface area contributed by atoms with Gasteiger partial charge in [-0.05, 0) is 43.9 Å². The van der Waals surface area contributed by atoms with Gasteiger partial charge in [0.25, 0.3) is 5.91 Å². The van der Waals surface area contributed by atoms with E-state index in [2.05, 4.69) is 54.2 Å². The van der Waals surface area contributed by atoms with Crippen LogP contribution in [-0.2, 0) is 9.53 Å². The Morgan fingerprint density at radius 1 is 1.15 bits per heavy atom. The van der Waals surface area contributed by atoms with Crippen molar-refractivity contribution in [2.24, 2.45) is 0 Å². The molecule has 0 radical (unpaired) electrons. The summed E-state index contributed by atoms with van der Waals surface area (Å²) in [7, 11) is 3.54. The molecule has 0 bridgehead atoms. The number of nitrogens with one attached hydrogen (secondary N) is 1. The number of nitriles is 1. The minimum absolute atomic E-state index is 0.0126. The molecule has 2 amide bonds. The predicted molar refractivity (Wildman–Crippen MR) is 156 cm³/mol. The molecule has 222 valence electrons. The molecule has 10 nitrogen and oxygen atoms in total. The number of benzene rings is 1.